The van der Waals surface area contributed by atoms with Crippen LogP contribution >= 0.6 is 0 Å². The molecular weight excluding hydrogens is 444 g/mol. The molecule has 3 aliphatic heterocycles. The van der Waals surface area contributed by atoms with Crippen LogP contribution in [0.25, 0.3) is 0 Å². The Bertz CT molecular complexity index is 1260. The predicted molar refractivity (Wildman–Crippen MR) is 130 cm³/mol. The van der Waals surface area contributed by atoms with Crippen molar-refractivity contribution in [1.29, 1.82) is 0 Å². The first-order chi connectivity index (χ1) is 16.3. The van der Waals surface area contributed by atoms with E-state index in [0.717, 1.165) is 11.1 Å². The normalized spacial score (nSPS) is 36.5. The quantitative estimate of drug-likeness (QED) is 0.562. The summed E-state index contributed by atoms with van der Waals surface area (Å²) in [4.78, 5) is 28.4. The van der Waals surface area contributed by atoms with E-state index in [1.54, 1.807) is 13.2 Å². The summed E-state index contributed by atoms with van der Waals surface area (Å²) in [6.45, 7) is 14.3. The summed E-state index contributed by atoms with van der Waals surface area (Å²) in [6.07, 6.45) is 4.75. The Balaban J connectivity index is 1.69. The van der Waals surface area contributed by atoms with Crippen LogP contribution in [0.15, 0.2) is 29.4 Å². The lowest BCUT2D eigenvalue weighted by Crippen LogP contribution is -2.72. The summed E-state index contributed by atoms with van der Waals surface area (Å²) < 4.78 is 25.8. The Morgan fingerprint density at radius 2 is 1.91 bits per heavy atom. The van der Waals surface area contributed by atoms with Crippen LogP contribution in [0.2, 0.25) is 0 Å². The molecule has 1 saturated heterocycles. The van der Waals surface area contributed by atoms with E-state index in [0.29, 0.717) is 41.2 Å². The number of rotatable bonds is 3. The molecular formula is C29H34O6. The Morgan fingerprint density at radius 3 is 2.57 bits per heavy atom. The number of carbonyl (C=O) groups is 2. The Hall–Kier alpha value is -2.60. The number of ketones is 2. The number of ether oxygens (including phenoxy) is 4. The van der Waals surface area contributed by atoms with Crippen molar-refractivity contribution in [2.24, 2.45) is 11.8 Å². The van der Waals surface area contributed by atoms with E-state index in [1.165, 1.54) is 0 Å². The molecule has 0 N–H and O–H groups in total. The highest BCUT2D eigenvalue weighted by Crippen LogP contribution is 2.69. The number of methoxy groups -OCH3 is 1. The molecule has 0 radical (unpaired) electrons. The zero-order valence-corrected chi connectivity index (χ0v) is 21.8. The van der Waals surface area contributed by atoms with Gasteiger partial charge < -0.3 is 18.9 Å². The van der Waals surface area contributed by atoms with Gasteiger partial charge in [0.15, 0.2) is 22.8 Å². The van der Waals surface area contributed by atoms with E-state index in [1.807, 2.05) is 46.8 Å². The zero-order chi connectivity index (χ0) is 25.3. The Morgan fingerprint density at radius 1 is 1.20 bits per heavy atom. The fourth-order valence-corrected chi connectivity index (χ4v) is 7.31. The first kappa shape index (κ1) is 22.8. The Kier molecular flexibility index (Phi) is 4.29. The third-order valence-corrected chi connectivity index (χ3v) is 9.29. The van der Waals surface area contributed by atoms with Crippen LogP contribution in [0, 0.1) is 11.8 Å². The SMILES string of the molecule is COc1cc2c(c3c1C(=O)C1=C[C@@H]4C[C@H]5C(C)(C)O[C@@](CC=C(C)C)(C4=O)[C@@]15O3)C(C)(C)[C@H](C)O2. The molecule has 1 aromatic carbocycles. The van der Waals surface area contributed by atoms with Gasteiger partial charge in [-0.2, -0.15) is 0 Å². The van der Waals surface area contributed by atoms with Crippen molar-refractivity contribution in [2.45, 2.75) is 89.6 Å². The standard InChI is InChI=1S/C29H34O6/c1-14(2)9-10-28-25(31)16-11-17-23(30)21-18(32-8)13-19-22(26(4,5)15(3)33-19)24(21)34-29(17,28)20(12-16)27(6,7)35-28/h9,11,13,15-16,20H,10,12H2,1-8H3/t15-,16+,20-,28-,29+/m0/s1. The van der Waals surface area contributed by atoms with Crippen LogP contribution in [0.4, 0.5) is 0 Å². The highest BCUT2D eigenvalue weighted by molar-refractivity contribution is 6.18. The highest BCUT2D eigenvalue weighted by Gasteiger charge is 2.81. The van der Waals surface area contributed by atoms with Crippen LogP contribution in [-0.2, 0) is 14.9 Å². The molecule has 6 aliphatic rings. The zero-order valence-electron chi connectivity index (χ0n) is 21.8. The number of benzene rings is 1. The molecule has 35 heavy (non-hydrogen) atoms. The van der Waals surface area contributed by atoms with Crippen LogP contribution < -0.4 is 14.2 Å². The van der Waals surface area contributed by atoms with Gasteiger partial charge in [0.1, 0.15) is 28.9 Å². The molecule has 1 spiro atoms. The van der Waals surface area contributed by atoms with Crippen molar-refractivity contribution in [1.82, 2.24) is 0 Å². The molecule has 4 bridgehead atoms. The fourth-order valence-electron chi connectivity index (χ4n) is 7.31. The minimum absolute atomic E-state index is 0.0141. The molecule has 0 aromatic heterocycles. The molecule has 0 unspecified atom stereocenters. The molecule has 3 aliphatic carbocycles. The monoisotopic (exact) mass is 478 g/mol. The summed E-state index contributed by atoms with van der Waals surface area (Å²) in [5.74, 6) is 0.950. The molecule has 3 heterocycles. The molecule has 5 atom stereocenters. The molecule has 0 amide bonds. The largest absolute Gasteiger partial charge is 0.496 e. The van der Waals surface area contributed by atoms with Crippen molar-refractivity contribution in [3.63, 3.8) is 0 Å². The van der Waals surface area contributed by atoms with Crippen LogP contribution in [-0.4, -0.2) is 41.6 Å². The average Bonchev–Trinajstić information content (AvgIpc) is 3.10. The third kappa shape index (κ3) is 2.44. The maximum atomic E-state index is 14.4. The maximum Gasteiger partial charge on any atom is 0.200 e. The Labute approximate surface area is 206 Å². The maximum absolute atomic E-state index is 14.4. The first-order valence-electron chi connectivity index (χ1n) is 12.6. The topological polar surface area (TPSA) is 71.1 Å². The highest BCUT2D eigenvalue weighted by atomic mass is 16.6. The van der Waals surface area contributed by atoms with Gasteiger partial charge in [-0.15, -0.1) is 0 Å². The summed E-state index contributed by atoms with van der Waals surface area (Å²) >= 11 is 0. The van der Waals surface area contributed by atoms with Crippen molar-refractivity contribution < 1.29 is 28.5 Å². The van der Waals surface area contributed by atoms with Crippen LogP contribution in [0.5, 0.6) is 17.2 Å². The third-order valence-electron chi connectivity index (χ3n) is 9.29. The minimum atomic E-state index is -1.26. The van der Waals surface area contributed by atoms with E-state index in [-0.39, 0.29) is 29.5 Å². The number of carbonyl (C=O) groups excluding carboxylic acids is 2. The van der Waals surface area contributed by atoms with E-state index in [9.17, 15) is 9.59 Å². The molecule has 186 valence electrons. The van der Waals surface area contributed by atoms with Gasteiger partial charge >= 0.3 is 0 Å². The van der Waals surface area contributed by atoms with Gasteiger partial charge in [-0.05, 0) is 41.0 Å². The van der Waals surface area contributed by atoms with Gasteiger partial charge in [-0.3, -0.25) is 9.59 Å². The number of fused-ring (bicyclic) bond motifs is 3. The second-order valence-corrected chi connectivity index (χ2v) is 12.2. The van der Waals surface area contributed by atoms with Gasteiger partial charge in [0.05, 0.1) is 12.7 Å². The summed E-state index contributed by atoms with van der Waals surface area (Å²) in [5.41, 5.74) is -0.582. The van der Waals surface area contributed by atoms with Gasteiger partial charge in [-0.1, -0.05) is 31.6 Å². The van der Waals surface area contributed by atoms with Gasteiger partial charge in [0.25, 0.3) is 0 Å². The fraction of sp³-hybridized carbons (Fsp3) is 0.586. The van der Waals surface area contributed by atoms with Crippen LogP contribution in [0.1, 0.15) is 77.2 Å². The lowest BCUT2D eigenvalue weighted by Gasteiger charge is -2.56. The number of Topliss-reactive ketones (excluding diaryl/α,β-unsaturated/α-hetero) is 2. The molecule has 1 aromatic rings. The smallest absolute Gasteiger partial charge is 0.200 e. The van der Waals surface area contributed by atoms with Crippen molar-refractivity contribution in [3.8, 4) is 17.2 Å². The summed E-state index contributed by atoms with van der Waals surface area (Å²) in [7, 11) is 1.56. The van der Waals surface area contributed by atoms with Gasteiger partial charge in [0.2, 0.25) is 0 Å². The molecule has 1 saturated carbocycles. The first-order valence-corrected chi connectivity index (χ1v) is 12.6. The molecule has 6 nitrogen and oxygen atoms in total. The van der Waals surface area contributed by atoms with E-state index in [2.05, 4.69) is 13.8 Å². The minimum Gasteiger partial charge on any atom is -0.496 e. The average molecular weight is 479 g/mol. The second kappa shape index (κ2) is 6.58. The van der Waals surface area contributed by atoms with Crippen molar-refractivity contribution >= 4 is 11.6 Å². The van der Waals surface area contributed by atoms with Crippen molar-refractivity contribution in [2.75, 3.05) is 7.11 Å². The molecule has 7 rings (SSSR count). The summed E-state index contributed by atoms with van der Waals surface area (Å²) in [6, 6.07) is 1.81. The van der Waals surface area contributed by atoms with E-state index >= 15 is 0 Å². The molecule has 6 heteroatoms. The lowest BCUT2D eigenvalue weighted by atomic mass is 9.51. The van der Waals surface area contributed by atoms with Gasteiger partial charge in [0, 0.05) is 40.9 Å². The number of hydrogen-bond acceptors (Lipinski definition) is 6. The molecule has 2 fully saturated rings. The summed E-state index contributed by atoms with van der Waals surface area (Å²) in [5, 5.41) is 0. The predicted octanol–water partition coefficient (Wildman–Crippen LogP) is 5.12. The van der Waals surface area contributed by atoms with Crippen molar-refractivity contribution in [3.05, 3.63) is 40.5 Å². The van der Waals surface area contributed by atoms with E-state index < -0.39 is 22.2 Å². The second-order valence-electron chi connectivity index (χ2n) is 12.2. The number of allylic oxidation sites excluding steroid dienone is 2. The van der Waals surface area contributed by atoms with Crippen LogP contribution in [0.3, 0.4) is 0 Å². The lowest BCUT2D eigenvalue weighted by molar-refractivity contribution is -0.171. The van der Waals surface area contributed by atoms with E-state index in [4.69, 9.17) is 18.9 Å². The van der Waals surface area contributed by atoms with Gasteiger partial charge in [-0.25, -0.2) is 0 Å². The number of hydrogen-bond donors (Lipinski definition) is 0.